The molecule has 0 aromatic carbocycles. The second-order valence-corrected chi connectivity index (χ2v) is 5.68. The molecule has 1 aromatic rings. The van der Waals surface area contributed by atoms with Crippen LogP contribution in [0.25, 0.3) is 0 Å². The molecular weight excluding hydrogens is 240 g/mol. The van der Waals surface area contributed by atoms with Crippen LogP contribution in [0.1, 0.15) is 24.1 Å². The van der Waals surface area contributed by atoms with E-state index in [1.54, 1.807) is 11.3 Å². The fourth-order valence-corrected chi connectivity index (χ4v) is 3.16. The molecule has 1 aliphatic heterocycles. The van der Waals surface area contributed by atoms with Gasteiger partial charge in [-0.15, -0.1) is 11.3 Å². The van der Waals surface area contributed by atoms with Crippen LogP contribution in [0.4, 0.5) is 0 Å². The standard InChI is InChI=1S/C12H19ClN2S/c13-11-4-9-16-12(11)10-14-5-3-8-15-6-1-2-7-15/h4,9,14H,1-3,5-8,10H2. The largest absolute Gasteiger partial charge is 0.312 e. The van der Waals surface area contributed by atoms with Crippen molar-refractivity contribution >= 4 is 22.9 Å². The molecule has 0 aliphatic carbocycles. The summed E-state index contributed by atoms with van der Waals surface area (Å²) in [5.41, 5.74) is 0. The number of thiophene rings is 1. The van der Waals surface area contributed by atoms with Crippen LogP contribution in [-0.2, 0) is 6.54 Å². The third kappa shape index (κ3) is 3.74. The van der Waals surface area contributed by atoms with Gasteiger partial charge in [0.15, 0.2) is 0 Å². The highest BCUT2D eigenvalue weighted by molar-refractivity contribution is 7.10. The Labute approximate surface area is 107 Å². The topological polar surface area (TPSA) is 15.3 Å². The van der Waals surface area contributed by atoms with Gasteiger partial charge >= 0.3 is 0 Å². The van der Waals surface area contributed by atoms with E-state index in [0.717, 1.165) is 18.1 Å². The number of rotatable bonds is 6. The summed E-state index contributed by atoms with van der Waals surface area (Å²) in [6, 6.07) is 1.97. The molecular formula is C12H19ClN2S. The first-order chi connectivity index (χ1) is 7.86. The highest BCUT2D eigenvalue weighted by Gasteiger charge is 2.09. The zero-order valence-corrected chi connectivity index (χ0v) is 11.1. The summed E-state index contributed by atoms with van der Waals surface area (Å²) in [6.07, 6.45) is 4.01. The number of nitrogens with one attached hydrogen (secondary N) is 1. The summed E-state index contributed by atoms with van der Waals surface area (Å²) in [7, 11) is 0. The molecule has 1 N–H and O–H groups in total. The van der Waals surface area contributed by atoms with Gasteiger partial charge in [-0.2, -0.15) is 0 Å². The molecule has 1 aromatic heterocycles. The fraction of sp³-hybridized carbons (Fsp3) is 0.667. The Morgan fingerprint density at radius 1 is 1.38 bits per heavy atom. The normalized spacial score (nSPS) is 17.1. The molecule has 1 saturated heterocycles. The summed E-state index contributed by atoms with van der Waals surface area (Å²) in [6.45, 7) is 5.85. The van der Waals surface area contributed by atoms with Crippen molar-refractivity contribution in [3.8, 4) is 0 Å². The van der Waals surface area contributed by atoms with Crippen LogP contribution >= 0.6 is 22.9 Å². The Morgan fingerprint density at radius 2 is 2.19 bits per heavy atom. The smallest absolute Gasteiger partial charge is 0.0558 e. The summed E-state index contributed by atoms with van der Waals surface area (Å²) < 4.78 is 0. The molecule has 2 rings (SSSR count). The van der Waals surface area contributed by atoms with Gasteiger partial charge in [0.2, 0.25) is 0 Å². The zero-order chi connectivity index (χ0) is 11.2. The van der Waals surface area contributed by atoms with E-state index < -0.39 is 0 Å². The average Bonchev–Trinajstić information content (AvgIpc) is 2.90. The molecule has 0 radical (unpaired) electrons. The maximum Gasteiger partial charge on any atom is 0.0558 e. The second kappa shape index (κ2) is 6.60. The third-order valence-electron chi connectivity index (χ3n) is 3.00. The van der Waals surface area contributed by atoms with E-state index in [1.165, 1.54) is 43.8 Å². The van der Waals surface area contributed by atoms with E-state index in [0.29, 0.717) is 0 Å². The van der Waals surface area contributed by atoms with Gasteiger partial charge in [-0.25, -0.2) is 0 Å². The van der Waals surface area contributed by atoms with Crippen molar-refractivity contribution in [3.05, 3.63) is 21.3 Å². The van der Waals surface area contributed by atoms with Crippen LogP contribution < -0.4 is 5.32 Å². The van der Waals surface area contributed by atoms with Crippen molar-refractivity contribution in [2.24, 2.45) is 0 Å². The van der Waals surface area contributed by atoms with Crippen molar-refractivity contribution in [2.75, 3.05) is 26.2 Å². The van der Waals surface area contributed by atoms with Crippen LogP contribution in [-0.4, -0.2) is 31.1 Å². The highest BCUT2D eigenvalue weighted by Crippen LogP contribution is 2.21. The summed E-state index contributed by atoms with van der Waals surface area (Å²) in [5.74, 6) is 0. The van der Waals surface area contributed by atoms with Gasteiger partial charge < -0.3 is 10.2 Å². The maximum atomic E-state index is 6.02. The number of hydrogen-bond acceptors (Lipinski definition) is 3. The first kappa shape index (κ1) is 12.4. The maximum absolute atomic E-state index is 6.02. The molecule has 4 heteroatoms. The Hall–Kier alpha value is -0.0900. The molecule has 2 nitrogen and oxygen atoms in total. The van der Waals surface area contributed by atoms with Crippen molar-refractivity contribution in [1.82, 2.24) is 10.2 Å². The Morgan fingerprint density at radius 3 is 2.88 bits per heavy atom. The minimum atomic E-state index is 0.900. The van der Waals surface area contributed by atoms with Gasteiger partial charge in [0.25, 0.3) is 0 Å². The van der Waals surface area contributed by atoms with E-state index >= 15 is 0 Å². The van der Waals surface area contributed by atoms with E-state index in [9.17, 15) is 0 Å². The van der Waals surface area contributed by atoms with Gasteiger partial charge in [0, 0.05) is 11.4 Å². The molecule has 1 fully saturated rings. The number of halogens is 1. The van der Waals surface area contributed by atoms with Gasteiger partial charge in [0.1, 0.15) is 0 Å². The summed E-state index contributed by atoms with van der Waals surface area (Å²) in [5, 5.41) is 6.40. The Kier molecular flexibility index (Phi) is 5.10. The third-order valence-corrected chi connectivity index (χ3v) is 4.39. The number of likely N-dealkylation sites (tertiary alicyclic amines) is 1. The molecule has 0 unspecified atom stereocenters. The van der Waals surface area contributed by atoms with Crippen molar-refractivity contribution < 1.29 is 0 Å². The van der Waals surface area contributed by atoms with Gasteiger partial charge in [-0.1, -0.05) is 11.6 Å². The minimum absolute atomic E-state index is 0.900. The zero-order valence-electron chi connectivity index (χ0n) is 9.54. The fourth-order valence-electron chi connectivity index (χ4n) is 2.09. The average molecular weight is 259 g/mol. The second-order valence-electron chi connectivity index (χ2n) is 4.27. The predicted octanol–water partition coefficient (Wildman–Crippen LogP) is 2.98. The number of nitrogens with zero attached hydrogens (tertiary/aromatic N) is 1. The number of hydrogen-bond donors (Lipinski definition) is 1. The first-order valence-corrected chi connectivity index (χ1v) is 7.27. The molecule has 0 atom stereocenters. The van der Waals surface area contributed by atoms with Gasteiger partial charge in [-0.05, 0) is 56.9 Å². The molecule has 1 aliphatic rings. The lowest BCUT2D eigenvalue weighted by atomic mass is 10.3. The van der Waals surface area contributed by atoms with E-state index in [2.05, 4.69) is 10.2 Å². The molecule has 0 bridgehead atoms. The highest BCUT2D eigenvalue weighted by atomic mass is 35.5. The predicted molar refractivity (Wildman–Crippen MR) is 71.3 cm³/mol. The minimum Gasteiger partial charge on any atom is -0.312 e. The SMILES string of the molecule is Clc1ccsc1CNCCCN1CCCC1. The lowest BCUT2D eigenvalue weighted by Crippen LogP contribution is -2.24. The van der Waals surface area contributed by atoms with Crippen molar-refractivity contribution in [2.45, 2.75) is 25.8 Å². The van der Waals surface area contributed by atoms with Crippen LogP contribution in [0, 0.1) is 0 Å². The lowest BCUT2D eigenvalue weighted by molar-refractivity contribution is 0.331. The van der Waals surface area contributed by atoms with Gasteiger partial charge in [-0.3, -0.25) is 0 Å². The summed E-state index contributed by atoms with van der Waals surface area (Å²) >= 11 is 7.75. The first-order valence-electron chi connectivity index (χ1n) is 6.01. The molecule has 0 spiro atoms. The molecule has 0 saturated carbocycles. The monoisotopic (exact) mass is 258 g/mol. The van der Waals surface area contributed by atoms with E-state index in [-0.39, 0.29) is 0 Å². The van der Waals surface area contributed by atoms with Crippen LogP contribution in [0.15, 0.2) is 11.4 Å². The van der Waals surface area contributed by atoms with Crippen LogP contribution in [0.3, 0.4) is 0 Å². The summed E-state index contributed by atoms with van der Waals surface area (Å²) in [4.78, 5) is 3.81. The van der Waals surface area contributed by atoms with Crippen LogP contribution in [0.5, 0.6) is 0 Å². The van der Waals surface area contributed by atoms with Crippen LogP contribution in [0.2, 0.25) is 5.02 Å². The molecule has 2 heterocycles. The van der Waals surface area contributed by atoms with E-state index in [4.69, 9.17) is 11.6 Å². The Balaban J connectivity index is 1.53. The van der Waals surface area contributed by atoms with Gasteiger partial charge in [0.05, 0.1) is 5.02 Å². The lowest BCUT2D eigenvalue weighted by Gasteiger charge is -2.14. The molecule has 90 valence electrons. The van der Waals surface area contributed by atoms with E-state index in [1.807, 2.05) is 11.4 Å². The van der Waals surface area contributed by atoms with Crippen molar-refractivity contribution in [3.63, 3.8) is 0 Å². The quantitative estimate of drug-likeness (QED) is 0.790. The molecule has 16 heavy (non-hydrogen) atoms. The Bertz CT molecular complexity index is 308. The molecule has 0 amide bonds. The van der Waals surface area contributed by atoms with Crippen molar-refractivity contribution in [1.29, 1.82) is 0 Å².